The van der Waals surface area contributed by atoms with Crippen molar-refractivity contribution in [3.8, 4) is 23.1 Å². The molecule has 8 nitrogen and oxygen atoms in total. The quantitative estimate of drug-likeness (QED) is 0.605. The van der Waals surface area contributed by atoms with Crippen LogP contribution >= 0.6 is 0 Å². The minimum Gasteiger partial charge on any atom is -0.490 e. The van der Waals surface area contributed by atoms with Crippen molar-refractivity contribution < 1.29 is 28.2 Å². The minimum atomic E-state index is -1.10. The van der Waals surface area contributed by atoms with Gasteiger partial charge in [-0.1, -0.05) is 0 Å². The van der Waals surface area contributed by atoms with Crippen molar-refractivity contribution in [1.29, 1.82) is 0 Å². The first kappa shape index (κ1) is 19.4. The fourth-order valence-corrected chi connectivity index (χ4v) is 2.38. The summed E-state index contributed by atoms with van der Waals surface area (Å²) >= 11 is 0. The lowest BCUT2D eigenvalue weighted by molar-refractivity contribution is 0.183. The van der Waals surface area contributed by atoms with E-state index in [0.717, 1.165) is 0 Å². The van der Waals surface area contributed by atoms with Gasteiger partial charge in [-0.3, -0.25) is 0 Å². The first-order chi connectivity index (χ1) is 13.4. The number of nitrogens with zero attached hydrogens (tertiary/aromatic N) is 2. The maximum Gasteiger partial charge on any atom is 0.404 e. The van der Waals surface area contributed by atoms with Crippen molar-refractivity contribution >= 4 is 17.2 Å². The van der Waals surface area contributed by atoms with E-state index in [1.807, 2.05) is 0 Å². The monoisotopic (exact) mass is 389 g/mol. The number of fused-ring (bicyclic) bond motifs is 1. The number of carboxylic acid groups (broad SMARTS) is 1. The Balaban J connectivity index is 1.67. The van der Waals surface area contributed by atoms with Crippen LogP contribution in [0.3, 0.4) is 0 Å². The predicted molar refractivity (Wildman–Crippen MR) is 99.4 cm³/mol. The molecule has 0 aliphatic carbocycles. The molecule has 9 heteroatoms. The molecule has 0 fully saturated rings. The van der Waals surface area contributed by atoms with Crippen LogP contribution in [0.4, 0.5) is 9.18 Å². The molecule has 2 aromatic heterocycles. The van der Waals surface area contributed by atoms with Crippen LogP contribution in [0.1, 0.15) is 13.8 Å². The van der Waals surface area contributed by atoms with E-state index in [-0.39, 0.29) is 19.3 Å². The normalized spacial score (nSPS) is 13.1. The predicted octanol–water partition coefficient (Wildman–Crippen LogP) is 3.66. The zero-order valence-corrected chi connectivity index (χ0v) is 15.4. The number of alkyl halides is 1. The number of ether oxygens (including phenoxy) is 2. The van der Waals surface area contributed by atoms with Gasteiger partial charge in [-0.25, -0.2) is 19.2 Å². The van der Waals surface area contributed by atoms with E-state index in [2.05, 4.69) is 15.3 Å². The Morgan fingerprint density at radius 1 is 1.21 bits per heavy atom. The number of hydrogen-bond acceptors (Lipinski definition) is 6. The molecule has 1 aromatic carbocycles. The maximum absolute atomic E-state index is 12.9. The van der Waals surface area contributed by atoms with Crippen LogP contribution in [0, 0.1) is 0 Å². The molecule has 3 aromatic rings. The van der Waals surface area contributed by atoms with Crippen molar-refractivity contribution in [2.45, 2.75) is 26.1 Å². The molecular weight excluding hydrogens is 369 g/mol. The first-order valence-electron chi connectivity index (χ1n) is 8.67. The summed E-state index contributed by atoms with van der Waals surface area (Å²) in [6.07, 6.45) is -0.656. The molecule has 0 saturated carbocycles. The Labute approximate surface area is 160 Å². The molecule has 0 aliphatic rings. The highest BCUT2D eigenvalue weighted by molar-refractivity contribution is 5.77. The van der Waals surface area contributed by atoms with Gasteiger partial charge < -0.3 is 24.3 Å². The average Bonchev–Trinajstić information content (AvgIpc) is 3.08. The zero-order chi connectivity index (χ0) is 20.1. The molecule has 1 amide bonds. The largest absolute Gasteiger partial charge is 0.490 e. The SMILES string of the molecule is CC(F)COc1ccc2nc(-c3ccc(OC[C@H](C)NC(=O)O)cn3)oc2c1. The highest BCUT2D eigenvalue weighted by Crippen LogP contribution is 2.27. The summed E-state index contributed by atoms with van der Waals surface area (Å²) < 4.78 is 29.5. The van der Waals surface area contributed by atoms with Gasteiger partial charge in [0, 0.05) is 6.07 Å². The number of nitrogens with one attached hydrogen (secondary N) is 1. The third-order valence-corrected chi connectivity index (χ3v) is 3.66. The Hall–Kier alpha value is -3.36. The molecule has 0 spiro atoms. The second kappa shape index (κ2) is 8.55. The average molecular weight is 389 g/mol. The summed E-state index contributed by atoms with van der Waals surface area (Å²) in [7, 11) is 0. The van der Waals surface area contributed by atoms with Crippen LogP contribution in [0.2, 0.25) is 0 Å². The summed E-state index contributed by atoms with van der Waals surface area (Å²) in [6, 6.07) is 8.12. The van der Waals surface area contributed by atoms with Gasteiger partial charge in [-0.15, -0.1) is 0 Å². The molecule has 1 unspecified atom stereocenters. The number of rotatable bonds is 8. The number of carbonyl (C=O) groups is 1. The number of aromatic nitrogens is 2. The van der Waals surface area contributed by atoms with Crippen LogP contribution < -0.4 is 14.8 Å². The maximum atomic E-state index is 12.9. The molecule has 2 N–H and O–H groups in total. The Morgan fingerprint density at radius 2 is 1.96 bits per heavy atom. The summed E-state index contributed by atoms with van der Waals surface area (Å²) in [5.41, 5.74) is 1.65. The molecule has 0 bridgehead atoms. The summed E-state index contributed by atoms with van der Waals surface area (Å²) in [5, 5.41) is 11.0. The van der Waals surface area contributed by atoms with Gasteiger partial charge >= 0.3 is 6.09 Å². The van der Waals surface area contributed by atoms with Crippen LogP contribution in [0.15, 0.2) is 40.9 Å². The van der Waals surface area contributed by atoms with Crippen LogP contribution in [0.5, 0.6) is 11.5 Å². The second-order valence-corrected chi connectivity index (χ2v) is 6.28. The molecule has 2 atom stereocenters. The van der Waals surface area contributed by atoms with Gasteiger partial charge in [-0.05, 0) is 38.1 Å². The highest BCUT2D eigenvalue weighted by Gasteiger charge is 2.12. The van der Waals surface area contributed by atoms with Crippen molar-refractivity contribution in [1.82, 2.24) is 15.3 Å². The van der Waals surface area contributed by atoms with Crippen molar-refractivity contribution in [3.05, 3.63) is 36.5 Å². The van der Waals surface area contributed by atoms with Gasteiger partial charge in [0.1, 0.15) is 42.1 Å². The molecule has 0 radical (unpaired) electrons. The number of pyridine rings is 1. The van der Waals surface area contributed by atoms with Crippen molar-refractivity contribution in [2.75, 3.05) is 13.2 Å². The Kier molecular flexibility index (Phi) is 5.93. The lowest BCUT2D eigenvalue weighted by Gasteiger charge is -2.12. The standard InChI is InChI=1S/C19H20FN3O5/c1-11(20)9-26-13-3-5-15-17(7-13)28-18(23-15)16-6-4-14(8-21-16)27-10-12(2)22-19(24)25/h3-8,11-12,22H,9-10H2,1-2H3,(H,24,25)/t11?,12-/m0/s1. The van der Waals surface area contributed by atoms with Crippen LogP contribution in [-0.4, -0.2) is 46.6 Å². The third kappa shape index (κ3) is 5.09. The van der Waals surface area contributed by atoms with E-state index in [0.29, 0.717) is 34.2 Å². The number of hydrogen-bond donors (Lipinski definition) is 2. The number of amides is 1. The summed E-state index contributed by atoms with van der Waals surface area (Å²) in [4.78, 5) is 19.2. The topological polar surface area (TPSA) is 107 Å². The smallest absolute Gasteiger partial charge is 0.404 e. The first-order valence-corrected chi connectivity index (χ1v) is 8.67. The molecule has 3 rings (SSSR count). The third-order valence-electron chi connectivity index (χ3n) is 3.66. The second-order valence-electron chi connectivity index (χ2n) is 6.28. The minimum absolute atomic E-state index is 0.0316. The van der Waals surface area contributed by atoms with E-state index in [4.69, 9.17) is 19.0 Å². The van der Waals surface area contributed by atoms with Gasteiger partial charge in [-0.2, -0.15) is 0 Å². The molecule has 0 saturated heterocycles. The summed E-state index contributed by atoms with van der Waals surface area (Å²) in [5.74, 6) is 1.33. The van der Waals surface area contributed by atoms with Gasteiger partial charge in [0.25, 0.3) is 0 Å². The summed E-state index contributed by atoms with van der Waals surface area (Å²) in [6.45, 7) is 3.26. The van der Waals surface area contributed by atoms with Gasteiger partial charge in [0.2, 0.25) is 5.89 Å². The van der Waals surface area contributed by atoms with E-state index < -0.39 is 12.3 Å². The lowest BCUT2D eigenvalue weighted by atomic mass is 10.3. The van der Waals surface area contributed by atoms with E-state index in [9.17, 15) is 9.18 Å². The fraction of sp³-hybridized carbons (Fsp3) is 0.316. The molecule has 28 heavy (non-hydrogen) atoms. The number of oxazole rings is 1. The van der Waals surface area contributed by atoms with Crippen LogP contribution in [-0.2, 0) is 0 Å². The van der Waals surface area contributed by atoms with Crippen molar-refractivity contribution in [3.63, 3.8) is 0 Å². The number of halogens is 1. The van der Waals surface area contributed by atoms with Crippen LogP contribution in [0.25, 0.3) is 22.7 Å². The van der Waals surface area contributed by atoms with Gasteiger partial charge in [0.05, 0.1) is 12.2 Å². The lowest BCUT2D eigenvalue weighted by Crippen LogP contribution is -2.35. The van der Waals surface area contributed by atoms with Gasteiger partial charge in [0.15, 0.2) is 5.58 Å². The Bertz CT molecular complexity index is 942. The van der Waals surface area contributed by atoms with E-state index in [1.54, 1.807) is 37.3 Å². The Morgan fingerprint density at radius 3 is 2.64 bits per heavy atom. The van der Waals surface area contributed by atoms with E-state index >= 15 is 0 Å². The van der Waals surface area contributed by atoms with Crippen molar-refractivity contribution in [2.24, 2.45) is 0 Å². The van der Waals surface area contributed by atoms with E-state index in [1.165, 1.54) is 13.1 Å². The number of benzene rings is 1. The fourth-order valence-electron chi connectivity index (χ4n) is 2.38. The zero-order valence-electron chi connectivity index (χ0n) is 15.4. The molecule has 2 heterocycles. The molecule has 148 valence electrons. The highest BCUT2D eigenvalue weighted by atomic mass is 19.1. The molecular formula is C19H20FN3O5. The molecule has 0 aliphatic heterocycles.